The molecule has 17 heavy (non-hydrogen) atoms. The van der Waals surface area contributed by atoms with Crippen molar-refractivity contribution in [3.05, 3.63) is 16.1 Å². The number of hydrogen-bond donors (Lipinski definition) is 1. The minimum Gasteiger partial charge on any atom is -0.330 e. The highest BCUT2D eigenvalue weighted by atomic mass is 32.1. The molecular formula is C13H20N2OS. The predicted molar refractivity (Wildman–Crippen MR) is 70.4 cm³/mol. The van der Waals surface area contributed by atoms with Gasteiger partial charge in [0, 0.05) is 18.2 Å². The van der Waals surface area contributed by atoms with Gasteiger partial charge < -0.3 is 5.73 Å². The van der Waals surface area contributed by atoms with Gasteiger partial charge in [-0.15, -0.1) is 11.3 Å². The molecule has 2 rings (SSSR count). The van der Waals surface area contributed by atoms with E-state index in [0.29, 0.717) is 24.6 Å². The summed E-state index contributed by atoms with van der Waals surface area (Å²) in [6, 6.07) is 0. The maximum absolute atomic E-state index is 12.0. The highest BCUT2D eigenvalue weighted by Crippen LogP contribution is 2.27. The number of rotatable bonds is 5. The molecule has 0 radical (unpaired) electrons. The third kappa shape index (κ3) is 3.61. The Balaban J connectivity index is 1.89. The van der Waals surface area contributed by atoms with Gasteiger partial charge in [0.25, 0.3) is 0 Å². The Labute approximate surface area is 106 Å². The highest BCUT2D eigenvalue weighted by molar-refractivity contribution is 7.09. The third-order valence-electron chi connectivity index (χ3n) is 3.39. The Morgan fingerprint density at radius 2 is 2.18 bits per heavy atom. The molecule has 2 N–H and O–H groups in total. The van der Waals surface area contributed by atoms with Crippen molar-refractivity contribution < 1.29 is 4.79 Å². The van der Waals surface area contributed by atoms with Crippen LogP contribution in [0.3, 0.4) is 0 Å². The fourth-order valence-corrected chi connectivity index (χ4v) is 3.25. The average Bonchev–Trinajstić information content (AvgIpc) is 2.79. The maximum Gasteiger partial charge on any atom is 0.182 e. The summed E-state index contributed by atoms with van der Waals surface area (Å²) in [5.41, 5.74) is 6.13. The first kappa shape index (κ1) is 12.7. The smallest absolute Gasteiger partial charge is 0.182 e. The van der Waals surface area contributed by atoms with E-state index in [2.05, 4.69) is 4.98 Å². The van der Waals surface area contributed by atoms with Crippen LogP contribution in [0.25, 0.3) is 0 Å². The van der Waals surface area contributed by atoms with Crippen LogP contribution in [0.2, 0.25) is 0 Å². The molecule has 0 spiro atoms. The second-order valence-electron chi connectivity index (χ2n) is 4.80. The molecule has 4 heteroatoms. The van der Waals surface area contributed by atoms with Gasteiger partial charge in [0.2, 0.25) is 0 Å². The van der Waals surface area contributed by atoms with Gasteiger partial charge in [0.15, 0.2) is 5.78 Å². The number of hydrogen-bond acceptors (Lipinski definition) is 4. The monoisotopic (exact) mass is 252 g/mol. The first-order chi connectivity index (χ1) is 8.29. The molecule has 94 valence electrons. The van der Waals surface area contributed by atoms with Crippen LogP contribution in [0.1, 0.15) is 54.0 Å². The van der Waals surface area contributed by atoms with Gasteiger partial charge in [-0.2, -0.15) is 0 Å². The van der Waals surface area contributed by atoms with E-state index in [1.54, 1.807) is 11.3 Å². The van der Waals surface area contributed by atoms with E-state index in [0.717, 1.165) is 11.4 Å². The van der Waals surface area contributed by atoms with Crippen LogP contribution in [-0.2, 0) is 6.42 Å². The predicted octanol–water partition coefficient (Wildman–Crippen LogP) is 2.80. The lowest BCUT2D eigenvalue weighted by Gasteiger charge is -2.20. The van der Waals surface area contributed by atoms with E-state index in [9.17, 15) is 4.79 Å². The third-order valence-corrected chi connectivity index (χ3v) is 4.30. The van der Waals surface area contributed by atoms with E-state index < -0.39 is 0 Å². The number of carbonyl (C=O) groups is 1. The fraction of sp³-hybridized carbons (Fsp3) is 0.692. The number of nitrogens with two attached hydrogens (primary N) is 1. The summed E-state index contributed by atoms with van der Waals surface area (Å²) in [6.45, 7) is 0.601. The normalized spacial score (nSPS) is 17.2. The molecule has 1 fully saturated rings. The number of nitrogens with zero attached hydrogens (tertiary/aromatic N) is 1. The largest absolute Gasteiger partial charge is 0.330 e. The molecule has 3 nitrogen and oxygen atoms in total. The zero-order chi connectivity index (χ0) is 12.1. The number of ketones is 1. The van der Waals surface area contributed by atoms with Crippen molar-refractivity contribution in [2.45, 2.75) is 44.9 Å². The first-order valence-electron chi connectivity index (χ1n) is 6.47. The standard InChI is InChI=1S/C13H20N2OS/c14-7-6-13-15-11(9-17-13)12(16)8-10-4-2-1-3-5-10/h9-10H,1-8,14H2. The summed E-state index contributed by atoms with van der Waals surface area (Å²) in [4.78, 5) is 16.4. The van der Waals surface area contributed by atoms with E-state index in [1.165, 1.54) is 32.1 Å². The van der Waals surface area contributed by atoms with E-state index in [-0.39, 0.29) is 5.78 Å². The molecule has 1 aromatic rings. The molecule has 0 aromatic carbocycles. The average molecular weight is 252 g/mol. The van der Waals surface area contributed by atoms with Crippen LogP contribution >= 0.6 is 11.3 Å². The van der Waals surface area contributed by atoms with Crippen LogP contribution in [0.5, 0.6) is 0 Å². The van der Waals surface area contributed by atoms with Crippen molar-refractivity contribution in [1.82, 2.24) is 4.98 Å². The summed E-state index contributed by atoms with van der Waals surface area (Å²) >= 11 is 1.55. The molecule has 0 amide bonds. The van der Waals surface area contributed by atoms with Crippen molar-refractivity contribution in [3.8, 4) is 0 Å². The highest BCUT2D eigenvalue weighted by Gasteiger charge is 2.19. The van der Waals surface area contributed by atoms with Gasteiger partial charge in [-0.3, -0.25) is 4.79 Å². The minimum absolute atomic E-state index is 0.219. The van der Waals surface area contributed by atoms with Crippen LogP contribution < -0.4 is 5.73 Å². The molecule has 1 heterocycles. The molecule has 0 atom stereocenters. The number of thiazole rings is 1. The van der Waals surface area contributed by atoms with Crippen molar-refractivity contribution in [2.24, 2.45) is 11.7 Å². The minimum atomic E-state index is 0.219. The summed E-state index contributed by atoms with van der Waals surface area (Å²) in [5.74, 6) is 0.812. The molecule has 0 bridgehead atoms. The van der Waals surface area contributed by atoms with E-state index in [4.69, 9.17) is 5.73 Å². The lowest BCUT2D eigenvalue weighted by Crippen LogP contribution is -2.12. The second kappa shape index (κ2) is 6.26. The SMILES string of the molecule is NCCc1nc(C(=O)CC2CCCCC2)cs1. The molecule has 1 saturated carbocycles. The summed E-state index contributed by atoms with van der Waals surface area (Å²) < 4.78 is 0. The van der Waals surface area contributed by atoms with E-state index >= 15 is 0 Å². The van der Waals surface area contributed by atoms with Gasteiger partial charge in [-0.05, 0) is 12.5 Å². The number of carbonyl (C=O) groups excluding carboxylic acids is 1. The van der Waals surface area contributed by atoms with Crippen LogP contribution in [-0.4, -0.2) is 17.3 Å². The van der Waals surface area contributed by atoms with Crippen molar-refractivity contribution in [3.63, 3.8) is 0 Å². The number of Topliss-reactive ketones (excluding diaryl/α,β-unsaturated/α-hetero) is 1. The van der Waals surface area contributed by atoms with Gasteiger partial charge in [-0.25, -0.2) is 4.98 Å². The first-order valence-corrected chi connectivity index (χ1v) is 7.35. The Hall–Kier alpha value is -0.740. The van der Waals surface area contributed by atoms with Crippen LogP contribution in [0.4, 0.5) is 0 Å². The summed E-state index contributed by atoms with van der Waals surface area (Å²) in [7, 11) is 0. The fourth-order valence-electron chi connectivity index (χ4n) is 2.44. The lowest BCUT2D eigenvalue weighted by atomic mass is 9.85. The van der Waals surface area contributed by atoms with Crippen LogP contribution in [0, 0.1) is 5.92 Å². The van der Waals surface area contributed by atoms with E-state index in [1.807, 2.05) is 5.38 Å². The summed E-state index contributed by atoms with van der Waals surface area (Å²) in [5, 5.41) is 2.87. The zero-order valence-corrected chi connectivity index (χ0v) is 11.0. The van der Waals surface area contributed by atoms with Gasteiger partial charge in [0.1, 0.15) is 5.69 Å². The van der Waals surface area contributed by atoms with Crippen molar-refractivity contribution >= 4 is 17.1 Å². The molecule has 1 aromatic heterocycles. The van der Waals surface area contributed by atoms with Crippen molar-refractivity contribution in [1.29, 1.82) is 0 Å². The molecule has 0 aliphatic heterocycles. The quantitative estimate of drug-likeness (QED) is 0.820. The molecule has 0 saturated heterocycles. The number of aromatic nitrogens is 1. The Morgan fingerprint density at radius 3 is 2.88 bits per heavy atom. The summed E-state index contributed by atoms with van der Waals surface area (Å²) in [6.07, 6.45) is 7.80. The Morgan fingerprint density at radius 1 is 1.41 bits per heavy atom. The van der Waals surface area contributed by atoms with Gasteiger partial charge in [-0.1, -0.05) is 32.1 Å². The molecule has 1 aliphatic rings. The van der Waals surface area contributed by atoms with Gasteiger partial charge in [0.05, 0.1) is 5.01 Å². The maximum atomic E-state index is 12.0. The Bertz CT molecular complexity index is 369. The lowest BCUT2D eigenvalue weighted by molar-refractivity contribution is 0.0946. The van der Waals surface area contributed by atoms with Crippen molar-refractivity contribution in [2.75, 3.05) is 6.54 Å². The zero-order valence-electron chi connectivity index (χ0n) is 10.2. The van der Waals surface area contributed by atoms with Gasteiger partial charge >= 0.3 is 0 Å². The van der Waals surface area contributed by atoms with Crippen LogP contribution in [0.15, 0.2) is 5.38 Å². The Kier molecular flexibility index (Phi) is 4.68. The topological polar surface area (TPSA) is 56.0 Å². The second-order valence-corrected chi connectivity index (χ2v) is 5.74. The molecular weight excluding hydrogens is 232 g/mol. The molecule has 1 aliphatic carbocycles. The molecule has 0 unspecified atom stereocenters.